The van der Waals surface area contributed by atoms with E-state index in [0.717, 1.165) is 24.0 Å². The molecular formula is C14H20N4O. The van der Waals surface area contributed by atoms with Crippen molar-refractivity contribution in [2.45, 2.75) is 39.2 Å². The van der Waals surface area contributed by atoms with Gasteiger partial charge in [0, 0.05) is 6.54 Å². The number of hydrogen-bond acceptors (Lipinski definition) is 3. The summed E-state index contributed by atoms with van der Waals surface area (Å²) in [4.78, 5) is 11.8. The lowest BCUT2D eigenvalue weighted by atomic mass is 10.2. The summed E-state index contributed by atoms with van der Waals surface area (Å²) in [5.41, 5.74) is 1.71. The maximum Gasteiger partial charge on any atom is 0.241 e. The first-order valence-corrected chi connectivity index (χ1v) is 6.86. The van der Waals surface area contributed by atoms with Crippen molar-refractivity contribution in [3.05, 3.63) is 24.3 Å². The van der Waals surface area contributed by atoms with Crippen molar-refractivity contribution in [3.63, 3.8) is 0 Å². The van der Waals surface area contributed by atoms with E-state index in [4.69, 9.17) is 0 Å². The van der Waals surface area contributed by atoms with Gasteiger partial charge in [-0.05, 0) is 18.6 Å². The van der Waals surface area contributed by atoms with Crippen LogP contribution >= 0.6 is 0 Å². The van der Waals surface area contributed by atoms with Gasteiger partial charge < -0.3 is 5.32 Å². The largest absolute Gasteiger partial charge is 0.354 e. The Bertz CT molecular complexity index is 535. The van der Waals surface area contributed by atoms with Crippen LogP contribution in [-0.4, -0.2) is 27.4 Å². The maximum absolute atomic E-state index is 11.8. The standard InChI is InChI=1S/C14H20N4O/c1-2-3-4-7-10-15-14(19)11-18-13-9-6-5-8-12(13)16-17-18/h5-6,8-9H,2-4,7,10-11H2,1H3,(H,15,19). The molecule has 102 valence electrons. The molecule has 5 heteroatoms. The molecule has 0 radical (unpaired) electrons. The summed E-state index contributed by atoms with van der Waals surface area (Å²) in [6.45, 7) is 3.15. The van der Waals surface area contributed by atoms with E-state index in [1.807, 2.05) is 24.3 Å². The highest BCUT2D eigenvalue weighted by Gasteiger charge is 2.07. The first-order valence-electron chi connectivity index (χ1n) is 6.86. The number of aromatic nitrogens is 3. The lowest BCUT2D eigenvalue weighted by molar-refractivity contribution is -0.121. The number of nitrogens with one attached hydrogen (secondary N) is 1. The number of fused-ring (bicyclic) bond motifs is 1. The SMILES string of the molecule is CCCCCCNC(=O)Cn1nnc2ccccc21. The Morgan fingerprint density at radius 2 is 2.11 bits per heavy atom. The van der Waals surface area contributed by atoms with Gasteiger partial charge in [0.15, 0.2) is 0 Å². The molecule has 0 unspecified atom stereocenters. The zero-order valence-electron chi connectivity index (χ0n) is 11.3. The van der Waals surface area contributed by atoms with Gasteiger partial charge in [0.05, 0.1) is 5.52 Å². The highest BCUT2D eigenvalue weighted by atomic mass is 16.2. The van der Waals surface area contributed by atoms with E-state index >= 15 is 0 Å². The van der Waals surface area contributed by atoms with E-state index in [2.05, 4.69) is 22.6 Å². The van der Waals surface area contributed by atoms with Crippen LogP contribution in [0.2, 0.25) is 0 Å². The summed E-state index contributed by atoms with van der Waals surface area (Å²) >= 11 is 0. The minimum atomic E-state index is -0.00727. The number of unbranched alkanes of at least 4 members (excludes halogenated alkanes) is 3. The molecule has 0 saturated carbocycles. The van der Waals surface area contributed by atoms with Crippen LogP contribution in [-0.2, 0) is 11.3 Å². The fourth-order valence-electron chi connectivity index (χ4n) is 2.01. The number of hydrogen-bond donors (Lipinski definition) is 1. The Morgan fingerprint density at radius 1 is 1.26 bits per heavy atom. The first kappa shape index (κ1) is 13.5. The molecule has 0 bridgehead atoms. The van der Waals surface area contributed by atoms with E-state index < -0.39 is 0 Å². The fourth-order valence-corrected chi connectivity index (χ4v) is 2.01. The predicted molar refractivity (Wildman–Crippen MR) is 74.7 cm³/mol. The van der Waals surface area contributed by atoms with E-state index in [1.165, 1.54) is 19.3 Å². The molecule has 5 nitrogen and oxygen atoms in total. The van der Waals surface area contributed by atoms with Crippen LogP contribution in [0.3, 0.4) is 0 Å². The van der Waals surface area contributed by atoms with Crippen LogP contribution in [0.25, 0.3) is 11.0 Å². The molecule has 0 saturated heterocycles. The highest BCUT2D eigenvalue weighted by molar-refractivity contribution is 5.79. The monoisotopic (exact) mass is 260 g/mol. The van der Waals surface area contributed by atoms with Gasteiger partial charge in [0.1, 0.15) is 12.1 Å². The molecule has 2 rings (SSSR count). The molecular weight excluding hydrogens is 240 g/mol. The number of para-hydroxylation sites is 1. The Hall–Kier alpha value is -1.91. The predicted octanol–water partition coefficient (Wildman–Crippen LogP) is 2.13. The van der Waals surface area contributed by atoms with Gasteiger partial charge in [0.2, 0.25) is 5.91 Å². The second-order valence-corrected chi connectivity index (χ2v) is 4.65. The van der Waals surface area contributed by atoms with Gasteiger partial charge in [-0.2, -0.15) is 0 Å². The molecule has 0 spiro atoms. The van der Waals surface area contributed by atoms with Gasteiger partial charge in [-0.15, -0.1) is 5.10 Å². The van der Waals surface area contributed by atoms with Gasteiger partial charge in [-0.1, -0.05) is 43.5 Å². The normalized spacial score (nSPS) is 10.8. The summed E-state index contributed by atoms with van der Waals surface area (Å²) in [6.07, 6.45) is 4.64. The third kappa shape index (κ3) is 3.77. The van der Waals surface area contributed by atoms with Crippen LogP contribution in [0.15, 0.2) is 24.3 Å². The molecule has 1 N–H and O–H groups in total. The number of carbonyl (C=O) groups is 1. The molecule has 0 aliphatic rings. The van der Waals surface area contributed by atoms with Crippen molar-refractivity contribution in [2.75, 3.05) is 6.54 Å². The van der Waals surface area contributed by atoms with E-state index in [1.54, 1.807) is 4.68 Å². The van der Waals surface area contributed by atoms with Gasteiger partial charge >= 0.3 is 0 Å². The highest BCUT2D eigenvalue weighted by Crippen LogP contribution is 2.09. The molecule has 19 heavy (non-hydrogen) atoms. The van der Waals surface area contributed by atoms with Crippen molar-refractivity contribution in [1.29, 1.82) is 0 Å². The summed E-state index contributed by atoms with van der Waals surface area (Å²) in [5.74, 6) is -0.00727. The average molecular weight is 260 g/mol. The molecule has 0 aliphatic carbocycles. The topological polar surface area (TPSA) is 59.8 Å². The Labute approximate surface area is 113 Å². The molecule has 0 atom stereocenters. The molecule has 2 aromatic rings. The summed E-state index contributed by atoms with van der Waals surface area (Å²) in [5, 5.41) is 10.9. The van der Waals surface area contributed by atoms with Crippen molar-refractivity contribution in [3.8, 4) is 0 Å². The fraction of sp³-hybridized carbons (Fsp3) is 0.500. The third-order valence-electron chi connectivity index (χ3n) is 3.07. The smallest absolute Gasteiger partial charge is 0.241 e. The van der Waals surface area contributed by atoms with Crippen molar-refractivity contribution in [1.82, 2.24) is 20.3 Å². The molecule has 1 heterocycles. The molecule has 1 aromatic heterocycles. The van der Waals surface area contributed by atoms with Crippen LogP contribution in [0.1, 0.15) is 32.6 Å². The van der Waals surface area contributed by atoms with Crippen LogP contribution < -0.4 is 5.32 Å². The zero-order valence-corrected chi connectivity index (χ0v) is 11.3. The van der Waals surface area contributed by atoms with E-state index in [-0.39, 0.29) is 12.5 Å². The second kappa shape index (κ2) is 6.87. The van der Waals surface area contributed by atoms with E-state index in [9.17, 15) is 4.79 Å². The molecule has 1 amide bonds. The minimum Gasteiger partial charge on any atom is -0.354 e. The summed E-state index contributed by atoms with van der Waals surface area (Å²) in [7, 11) is 0. The van der Waals surface area contributed by atoms with Crippen LogP contribution in [0.5, 0.6) is 0 Å². The van der Waals surface area contributed by atoms with E-state index in [0.29, 0.717) is 0 Å². The molecule has 1 aromatic carbocycles. The number of carbonyl (C=O) groups excluding carboxylic acids is 1. The van der Waals surface area contributed by atoms with Gasteiger partial charge in [-0.3, -0.25) is 4.79 Å². The lowest BCUT2D eigenvalue weighted by Gasteiger charge is -2.05. The number of nitrogens with zero attached hydrogens (tertiary/aromatic N) is 3. The minimum absolute atomic E-state index is 0.00727. The first-order chi connectivity index (χ1) is 9.31. The Balaban J connectivity index is 1.82. The Kier molecular flexibility index (Phi) is 4.89. The Morgan fingerprint density at radius 3 is 2.95 bits per heavy atom. The third-order valence-corrected chi connectivity index (χ3v) is 3.07. The lowest BCUT2D eigenvalue weighted by Crippen LogP contribution is -2.28. The van der Waals surface area contributed by atoms with Crippen molar-refractivity contribution in [2.24, 2.45) is 0 Å². The van der Waals surface area contributed by atoms with Crippen molar-refractivity contribution < 1.29 is 4.79 Å². The van der Waals surface area contributed by atoms with Gasteiger partial charge in [-0.25, -0.2) is 4.68 Å². The average Bonchev–Trinajstić information content (AvgIpc) is 2.82. The van der Waals surface area contributed by atoms with Crippen LogP contribution in [0.4, 0.5) is 0 Å². The zero-order chi connectivity index (χ0) is 13.5. The quantitative estimate of drug-likeness (QED) is 0.776. The number of benzene rings is 1. The molecule has 0 aliphatic heterocycles. The number of rotatable bonds is 7. The van der Waals surface area contributed by atoms with Crippen molar-refractivity contribution >= 4 is 16.9 Å². The molecule has 0 fully saturated rings. The second-order valence-electron chi connectivity index (χ2n) is 4.65. The van der Waals surface area contributed by atoms with Gasteiger partial charge in [0.25, 0.3) is 0 Å². The summed E-state index contributed by atoms with van der Waals surface area (Å²) < 4.78 is 1.64. The van der Waals surface area contributed by atoms with Crippen LogP contribution in [0, 0.1) is 0 Å². The maximum atomic E-state index is 11.8. The number of amides is 1. The summed E-state index contributed by atoms with van der Waals surface area (Å²) in [6, 6.07) is 7.64.